The second kappa shape index (κ2) is 7.14. The molecule has 1 heterocycles. The topological polar surface area (TPSA) is 47.8 Å². The molecule has 0 aliphatic heterocycles. The molecule has 0 aliphatic carbocycles. The number of hydrogen-bond donors (Lipinski definition) is 0. The predicted molar refractivity (Wildman–Crippen MR) is 63.5 cm³/mol. The number of rotatable bonds is 8. The van der Waals surface area contributed by atoms with Crippen molar-refractivity contribution >= 4 is 6.29 Å². The van der Waals surface area contributed by atoms with E-state index in [0.717, 1.165) is 44.2 Å². The summed E-state index contributed by atoms with van der Waals surface area (Å²) in [5, 5.41) is 7.96. The highest BCUT2D eigenvalue weighted by Crippen LogP contribution is 2.09. The van der Waals surface area contributed by atoms with Crippen LogP contribution in [0.3, 0.4) is 0 Å². The maximum atomic E-state index is 10.8. The van der Waals surface area contributed by atoms with Gasteiger partial charge in [0.05, 0.1) is 5.69 Å². The summed E-state index contributed by atoms with van der Waals surface area (Å²) in [5.41, 5.74) is 1.53. The molecular formula is C12H21N3O. The Morgan fingerprint density at radius 3 is 2.56 bits per heavy atom. The maximum Gasteiger partial charge on any atom is 0.172 e. The van der Waals surface area contributed by atoms with E-state index in [-0.39, 0.29) is 0 Å². The lowest BCUT2D eigenvalue weighted by molar-refractivity contribution is 0.111. The lowest BCUT2D eigenvalue weighted by Crippen LogP contribution is -2.06. The summed E-state index contributed by atoms with van der Waals surface area (Å²) in [6, 6.07) is 0. The van der Waals surface area contributed by atoms with Crippen molar-refractivity contribution in [2.75, 3.05) is 0 Å². The smallest absolute Gasteiger partial charge is 0.172 e. The normalized spacial score (nSPS) is 10.6. The summed E-state index contributed by atoms with van der Waals surface area (Å²) < 4.78 is 1.90. The van der Waals surface area contributed by atoms with Crippen LogP contribution in [0.25, 0.3) is 0 Å². The summed E-state index contributed by atoms with van der Waals surface area (Å²) in [7, 11) is 0. The van der Waals surface area contributed by atoms with Crippen LogP contribution in [-0.2, 0) is 13.0 Å². The van der Waals surface area contributed by atoms with Crippen molar-refractivity contribution in [1.82, 2.24) is 15.0 Å². The fraction of sp³-hybridized carbons (Fsp3) is 0.750. The molecule has 0 fully saturated rings. The summed E-state index contributed by atoms with van der Waals surface area (Å²) in [6.07, 6.45) is 7.43. The van der Waals surface area contributed by atoms with Gasteiger partial charge in [0.2, 0.25) is 0 Å². The number of hydrogen-bond acceptors (Lipinski definition) is 3. The van der Waals surface area contributed by atoms with Crippen molar-refractivity contribution in [3.8, 4) is 0 Å². The average molecular weight is 223 g/mol. The van der Waals surface area contributed by atoms with Gasteiger partial charge in [0.1, 0.15) is 5.69 Å². The molecule has 4 nitrogen and oxygen atoms in total. The van der Waals surface area contributed by atoms with Gasteiger partial charge in [0.25, 0.3) is 0 Å². The highest BCUT2D eigenvalue weighted by molar-refractivity contribution is 5.73. The van der Waals surface area contributed by atoms with Gasteiger partial charge in [-0.15, -0.1) is 5.10 Å². The minimum Gasteiger partial charge on any atom is -0.296 e. The van der Waals surface area contributed by atoms with Crippen molar-refractivity contribution < 1.29 is 4.79 Å². The molecule has 0 saturated heterocycles. The minimum absolute atomic E-state index is 0.518. The fourth-order valence-electron chi connectivity index (χ4n) is 1.73. The molecule has 0 atom stereocenters. The van der Waals surface area contributed by atoms with Gasteiger partial charge in [-0.25, -0.2) is 4.68 Å². The van der Waals surface area contributed by atoms with Gasteiger partial charge in [-0.05, 0) is 19.3 Å². The first-order chi connectivity index (χ1) is 7.83. The molecule has 1 aromatic rings. The summed E-state index contributed by atoms with van der Waals surface area (Å²) >= 11 is 0. The monoisotopic (exact) mass is 223 g/mol. The van der Waals surface area contributed by atoms with Gasteiger partial charge in [-0.2, -0.15) is 0 Å². The van der Waals surface area contributed by atoms with E-state index in [4.69, 9.17) is 0 Å². The number of unbranched alkanes of at least 4 members (excludes halogenated alkanes) is 3. The molecule has 1 aromatic heterocycles. The molecule has 0 saturated carbocycles. The van der Waals surface area contributed by atoms with Gasteiger partial charge >= 0.3 is 0 Å². The molecule has 0 bridgehead atoms. The van der Waals surface area contributed by atoms with E-state index >= 15 is 0 Å². The standard InChI is InChI=1S/C12H21N3O/c1-3-5-7-9-15-12(8-6-4-2)11(10-16)13-14-15/h10H,3-9H2,1-2H3. The largest absolute Gasteiger partial charge is 0.296 e. The van der Waals surface area contributed by atoms with Crippen LogP contribution in [0.4, 0.5) is 0 Å². The van der Waals surface area contributed by atoms with Crippen LogP contribution in [0.2, 0.25) is 0 Å². The third-order valence-electron chi connectivity index (χ3n) is 2.72. The quantitative estimate of drug-likeness (QED) is 0.503. The molecule has 0 unspecified atom stereocenters. The van der Waals surface area contributed by atoms with Crippen molar-refractivity contribution in [2.45, 2.75) is 58.9 Å². The van der Waals surface area contributed by atoms with E-state index < -0.39 is 0 Å². The highest BCUT2D eigenvalue weighted by Gasteiger charge is 2.10. The van der Waals surface area contributed by atoms with Gasteiger partial charge in [0.15, 0.2) is 6.29 Å². The summed E-state index contributed by atoms with van der Waals surface area (Å²) in [5.74, 6) is 0. The first-order valence-electron chi connectivity index (χ1n) is 6.21. The fourth-order valence-corrected chi connectivity index (χ4v) is 1.73. The number of aldehydes is 1. The van der Waals surface area contributed by atoms with Crippen LogP contribution >= 0.6 is 0 Å². The molecular weight excluding hydrogens is 202 g/mol. The molecule has 1 rings (SSSR count). The van der Waals surface area contributed by atoms with Crippen LogP contribution in [0, 0.1) is 0 Å². The second-order valence-corrected chi connectivity index (χ2v) is 4.07. The van der Waals surface area contributed by atoms with E-state index in [1.807, 2.05) is 4.68 Å². The summed E-state index contributed by atoms with van der Waals surface area (Å²) in [4.78, 5) is 10.8. The number of aromatic nitrogens is 3. The number of nitrogens with zero attached hydrogens (tertiary/aromatic N) is 3. The van der Waals surface area contributed by atoms with Crippen LogP contribution in [-0.4, -0.2) is 21.3 Å². The van der Waals surface area contributed by atoms with Gasteiger partial charge in [0, 0.05) is 6.54 Å². The molecule has 0 N–H and O–H groups in total. The Hall–Kier alpha value is -1.19. The third kappa shape index (κ3) is 3.43. The lowest BCUT2D eigenvalue weighted by Gasteiger charge is -2.05. The molecule has 0 aromatic carbocycles. The van der Waals surface area contributed by atoms with Crippen molar-refractivity contribution in [3.05, 3.63) is 11.4 Å². The zero-order chi connectivity index (χ0) is 11.8. The van der Waals surface area contributed by atoms with Crippen molar-refractivity contribution in [2.24, 2.45) is 0 Å². The first-order valence-corrected chi connectivity index (χ1v) is 6.21. The van der Waals surface area contributed by atoms with E-state index in [1.165, 1.54) is 12.8 Å². The molecule has 0 spiro atoms. The Morgan fingerprint density at radius 2 is 1.94 bits per heavy atom. The maximum absolute atomic E-state index is 10.8. The highest BCUT2D eigenvalue weighted by atomic mass is 16.1. The Kier molecular flexibility index (Phi) is 5.75. The zero-order valence-corrected chi connectivity index (χ0v) is 10.3. The molecule has 4 heteroatoms. The van der Waals surface area contributed by atoms with E-state index in [0.29, 0.717) is 5.69 Å². The van der Waals surface area contributed by atoms with Crippen LogP contribution < -0.4 is 0 Å². The third-order valence-corrected chi connectivity index (χ3v) is 2.72. The Labute approximate surface area is 97.0 Å². The first kappa shape index (κ1) is 12.9. The van der Waals surface area contributed by atoms with Crippen LogP contribution in [0.5, 0.6) is 0 Å². The number of carbonyl (C=O) groups is 1. The van der Waals surface area contributed by atoms with Crippen LogP contribution in [0.1, 0.15) is 62.1 Å². The van der Waals surface area contributed by atoms with Crippen molar-refractivity contribution in [3.63, 3.8) is 0 Å². The van der Waals surface area contributed by atoms with Crippen molar-refractivity contribution in [1.29, 1.82) is 0 Å². The Morgan fingerprint density at radius 1 is 1.19 bits per heavy atom. The molecule has 16 heavy (non-hydrogen) atoms. The van der Waals surface area contributed by atoms with E-state index in [9.17, 15) is 4.79 Å². The number of carbonyl (C=O) groups excluding carboxylic acids is 1. The summed E-state index contributed by atoms with van der Waals surface area (Å²) in [6.45, 7) is 5.20. The second-order valence-electron chi connectivity index (χ2n) is 4.07. The molecule has 90 valence electrons. The zero-order valence-electron chi connectivity index (χ0n) is 10.3. The average Bonchev–Trinajstić information content (AvgIpc) is 2.69. The van der Waals surface area contributed by atoms with E-state index in [2.05, 4.69) is 24.2 Å². The van der Waals surface area contributed by atoms with E-state index in [1.54, 1.807) is 0 Å². The minimum atomic E-state index is 0.518. The SMILES string of the molecule is CCCCCn1nnc(C=O)c1CCCC. The molecule has 0 radical (unpaired) electrons. The molecule has 0 amide bonds. The Bertz CT molecular complexity index is 320. The van der Waals surface area contributed by atoms with Gasteiger partial charge < -0.3 is 0 Å². The van der Waals surface area contributed by atoms with Crippen LogP contribution in [0.15, 0.2) is 0 Å². The lowest BCUT2D eigenvalue weighted by atomic mass is 10.1. The number of aryl methyl sites for hydroxylation is 1. The van der Waals surface area contributed by atoms with Gasteiger partial charge in [-0.1, -0.05) is 38.3 Å². The Balaban J connectivity index is 2.66. The van der Waals surface area contributed by atoms with Gasteiger partial charge in [-0.3, -0.25) is 4.79 Å². The molecule has 0 aliphatic rings. The predicted octanol–water partition coefficient (Wildman–Crippen LogP) is 2.62.